The number of amides is 1. The van der Waals surface area contributed by atoms with E-state index in [0.717, 1.165) is 76.1 Å². The van der Waals surface area contributed by atoms with Gasteiger partial charge in [-0.25, -0.2) is 4.39 Å². The molecule has 0 spiro atoms. The molecular weight excluding hydrogens is 505 g/mol. The van der Waals surface area contributed by atoms with Crippen LogP contribution < -0.4 is 10.2 Å². The molecule has 208 valence electrons. The predicted octanol–water partition coefficient (Wildman–Crippen LogP) is 3.99. The molecule has 0 bridgehead atoms. The van der Waals surface area contributed by atoms with E-state index in [0.29, 0.717) is 18.1 Å². The van der Waals surface area contributed by atoms with E-state index in [4.69, 9.17) is 10.00 Å². The van der Waals surface area contributed by atoms with Crippen molar-refractivity contribution < 1.29 is 13.9 Å². The number of carbonyl (C=O) groups excluding carboxylic acids is 1. The van der Waals surface area contributed by atoms with Crippen molar-refractivity contribution in [2.24, 2.45) is 17.8 Å². The minimum atomic E-state index is -0.851. The lowest BCUT2D eigenvalue weighted by atomic mass is 9.59. The quantitative estimate of drug-likeness (QED) is 0.508. The van der Waals surface area contributed by atoms with Gasteiger partial charge in [-0.15, -0.1) is 0 Å². The first-order chi connectivity index (χ1) is 19.5. The van der Waals surface area contributed by atoms with Crippen molar-refractivity contribution in [3.63, 3.8) is 0 Å². The van der Waals surface area contributed by atoms with Gasteiger partial charge in [0.2, 0.25) is 0 Å². The molecule has 1 aliphatic carbocycles. The topological polar surface area (TPSA) is 95.7 Å². The fourth-order valence-electron chi connectivity index (χ4n) is 7.47. The molecule has 0 aromatic heterocycles. The van der Waals surface area contributed by atoms with Gasteiger partial charge >= 0.3 is 0 Å². The molecule has 4 atom stereocenters. The molecule has 3 aliphatic heterocycles. The Hall–Kier alpha value is -3.46. The highest BCUT2D eigenvalue weighted by atomic mass is 19.1. The van der Waals surface area contributed by atoms with E-state index in [1.807, 2.05) is 30.3 Å². The third kappa shape index (κ3) is 5.19. The highest BCUT2D eigenvalue weighted by Gasteiger charge is 2.53. The second kappa shape index (κ2) is 11.2. The number of nitrogens with one attached hydrogen (secondary N) is 1. The molecule has 7 nitrogen and oxygen atoms in total. The van der Waals surface area contributed by atoms with Gasteiger partial charge in [-0.05, 0) is 86.7 Å². The first kappa shape index (κ1) is 26.7. The van der Waals surface area contributed by atoms with Crippen LogP contribution in [0.2, 0.25) is 0 Å². The molecule has 2 aromatic rings. The number of epoxide rings is 1. The van der Waals surface area contributed by atoms with E-state index in [1.165, 1.54) is 6.07 Å². The number of ether oxygens (including phenoxy) is 1. The molecule has 4 aliphatic rings. The number of hydrogen-bond donors (Lipinski definition) is 1. The number of likely N-dealkylation sites (tertiary alicyclic amines) is 1. The average Bonchev–Trinajstić information content (AvgIpc) is 3.72. The van der Waals surface area contributed by atoms with Gasteiger partial charge in [0.05, 0.1) is 29.7 Å². The summed E-state index contributed by atoms with van der Waals surface area (Å²) in [6.45, 7) is 5.33. The van der Waals surface area contributed by atoms with E-state index in [9.17, 15) is 14.4 Å². The van der Waals surface area contributed by atoms with Crippen LogP contribution in [-0.4, -0.2) is 62.3 Å². The van der Waals surface area contributed by atoms with Crippen molar-refractivity contribution in [1.29, 1.82) is 10.5 Å². The normalized spacial score (nSPS) is 26.8. The van der Waals surface area contributed by atoms with Gasteiger partial charge in [-0.3, -0.25) is 4.79 Å². The van der Waals surface area contributed by atoms with Crippen LogP contribution in [-0.2, 0) is 14.9 Å². The van der Waals surface area contributed by atoms with Crippen LogP contribution in [0.25, 0.3) is 0 Å². The van der Waals surface area contributed by atoms with Gasteiger partial charge in [0.15, 0.2) is 6.10 Å². The van der Waals surface area contributed by atoms with Crippen LogP contribution in [0.1, 0.15) is 43.2 Å². The number of carbonyl (C=O) groups is 1. The summed E-state index contributed by atoms with van der Waals surface area (Å²) in [5.41, 5.74) is 1.74. The molecule has 3 saturated heterocycles. The lowest BCUT2D eigenvalue weighted by Gasteiger charge is -2.48. The summed E-state index contributed by atoms with van der Waals surface area (Å²) < 4.78 is 19.7. The third-order valence-electron chi connectivity index (χ3n) is 9.61. The van der Waals surface area contributed by atoms with Crippen molar-refractivity contribution in [2.45, 2.75) is 49.7 Å². The lowest BCUT2D eigenvalue weighted by Crippen LogP contribution is -2.55. The molecule has 6 rings (SSSR count). The second-order valence-electron chi connectivity index (χ2n) is 12.0. The smallest absolute Gasteiger partial charge is 0.251 e. The standard InChI is InChI=1S/C32H36FN5O2/c33-26-4-1-3-25(15-26)32(21-35,28-5-2-6-29(28)36-31(39)30-20-40-30)24-11-13-37(14-12-24)17-23-18-38(19-23)27-9-7-22(16-34)8-10-27/h1,3-4,7-10,15,23-24,28-30H,2,5-6,11-14,17-20H2,(H,36,39)/t28-,29-,30+,32?/m0/s1. The minimum absolute atomic E-state index is 0.0637. The molecule has 40 heavy (non-hydrogen) atoms. The molecule has 1 saturated carbocycles. The molecule has 1 N–H and O–H groups in total. The maximum atomic E-state index is 14.5. The number of piperidine rings is 1. The average molecular weight is 542 g/mol. The molecule has 1 amide bonds. The maximum Gasteiger partial charge on any atom is 0.251 e. The van der Waals surface area contributed by atoms with Crippen LogP contribution >= 0.6 is 0 Å². The summed E-state index contributed by atoms with van der Waals surface area (Å²) in [5, 5.41) is 23.1. The number of nitrogens with zero attached hydrogens (tertiary/aromatic N) is 4. The Labute approximate surface area is 235 Å². The zero-order valence-electron chi connectivity index (χ0n) is 22.8. The van der Waals surface area contributed by atoms with E-state index in [2.05, 4.69) is 27.3 Å². The number of benzene rings is 2. The van der Waals surface area contributed by atoms with Crippen LogP contribution in [0, 0.1) is 46.2 Å². The number of hydrogen-bond acceptors (Lipinski definition) is 6. The Balaban J connectivity index is 1.13. The Morgan fingerprint density at radius 2 is 1.82 bits per heavy atom. The van der Waals surface area contributed by atoms with Crippen molar-refractivity contribution in [3.05, 3.63) is 65.5 Å². The lowest BCUT2D eigenvalue weighted by molar-refractivity contribution is -0.123. The molecule has 3 heterocycles. The fourth-order valence-corrected chi connectivity index (χ4v) is 7.47. The molecule has 1 unspecified atom stereocenters. The Morgan fingerprint density at radius 1 is 1.07 bits per heavy atom. The third-order valence-corrected chi connectivity index (χ3v) is 9.61. The van der Waals surface area contributed by atoms with Crippen molar-refractivity contribution in [3.8, 4) is 12.1 Å². The summed E-state index contributed by atoms with van der Waals surface area (Å²) >= 11 is 0. The van der Waals surface area contributed by atoms with Crippen molar-refractivity contribution in [1.82, 2.24) is 10.2 Å². The van der Waals surface area contributed by atoms with Crippen LogP contribution in [0.4, 0.5) is 10.1 Å². The first-order valence-electron chi connectivity index (χ1n) is 14.6. The monoisotopic (exact) mass is 541 g/mol. The van der Waals surface area contributed by atoms with Gasteiger partial charge in [-0.1, -0.05) is 18.6 Å². The largest absolute Gasteiger partial charge is 0.371 e. The van der Waals surface area contributed by atoms with Crippen LogP contribution in [0.15, 0.2) is 48.5 Å². The number of rotatable bonds is 8. The number of halogens is 1. The van der Waals surface area contributed by atoms with Gasteiger partial charge in [-0.2, -0.15) is 10.5 Å². The van der Waals surface area contributed by atoms with Gasteiger partial charge < -0.3 is 19.9 Å². The Kier molecular flexibility index (Phi) is 7.49. The van der Waals surface area contributed by atoms with Gasteiger partial charge in [0.25, 0.3) is 5.91 Å². The zero-order chi connectivity index (χ0) is 27.7. The van der Waals surface area contributed by atoms with E-state index >= 15 is 0 Å². The first-order valence-corrected chi connectivity index (χ1v) is 14.6. The van der Waals surface area contributed by atoms with Gasteiger partial charge in [0.1, 0.15) is 5.82 Å². The molecule has 4 fully saturated rings. The highest BCUT2D eigenvalue weighted by Crippen LogP contribution is 2.50. The van der Waals surface area contributed by atoms with Gasteiger partial charge in [0, 0.05) is 43.2 Å². The highest BCUT2D eigenvalue weighted by molar-refractivity contribution is 5.83. The Bertz CT molecular complexity index is 1300. The number of nitriles is 2. The summed E-state index contributed by atoms with van der Waals surface area (Å²) in [7, 11) is 0. The SMILES string of the molecule is N#Cc1ccc(N2CC(CN3CCC(C(C#N)(c4cccc(F)c4)[C@H]4CCC[C@@H]4NC(=O)[C@H]4CO4)CC3)C2)cc1. The molecule has 0 radical (unpaired) electrons. The maximum absolute atomic E-state index is 14.5. The summed E-state index contributed by atoms with van der Waals surface area (Å²) in [5.74, 6) is 0.206. The van der Waals surface area contributed by atoms with E-state index in [1.54, 1.807) is 12.1 Å². The van der Waals surface area contributed by atoms with Crippen molar-refractivity contribution in [2.75, 3.05) is 44.2 Å². The molecule has 8 heteroatoms. The minimum Gasteiger partial charge on any atom is -0.371 e. The van der Waals surface area contributed by atoms with Crippen molar-refractivity contribution >= 4 is 11.6 Å². The molecular formula is C32H36FN5O2. The van der Waals surface area contributed by atoms with Crippen LogP contribution in [0.3, 0.4) is 0 Å². The van der Waals surface area contributed by atoms with Crippen LogP contribution in [0.5, 0.6) is 0 Å². The summed E-state index contributed by atoms with van der Waals surface area (Å²) in [6.07, 6.45) is 4.00. The zero-order valence-corrected chi connectivity index (χ0v) is 22.8. The summed E-state index contributed by atoms with van der Waals surface area (Å²) in [6, 6.07) is 19.2. The predicted molar refractivity (Wildman–Crippen MR) is 149 cm³/mol. The molecule has 2 aromatic carbocycles. The Morgan fingerprint density at radius 3 is 2.48 bits per heavy atom. The number of anilines is 1. The van der Waals surface area contributed by atoms with E-state index in [-0.39, 0.29) is 35.7 Å². The second-order valence-corrected chi connectivity index (χ2v) is 12.0. The summed E-state index contributed by atoms with van der Waals surface area (Å²) in [4.78, 5) is 17.5. The van der Waals surface area contributed by atoms with E-state index < -0.39 is 5.41 Å². The fraction of sp³-hybridized carbons (Fsp3) is 0.531.